The molecule has 0 amide bonds. The third-order valence-electron chi connectivity index (χ3n) is 3.37. The summed E-state index contributed by atoms with van der Waals surface area (Å²) in [5.41, 5.74) is 5.76. The maximum atomic E-state index is 5.82. The van der Waals surface area contributed by atoms with E-state index in [1.807, 2.05) is 11.4 Å². The van der Waals surface area contributed by atoms with Gasteiger partial charge in [-0.15, -0.1) is 11.3 Å². The van der Waals surface area contributed by atoms with Crippen LogP contribution in [0.2, 0.25) is 0 Å². The normalized spacial score (nSPS) is 18.0. The number of halogens is 1. The zero-order valence-corrected chi connectivity index (χ0v) is 11.6. The molecule has 3 rings (SSSR count). The summed E-state index contributed by atoms with van der Waals surface area (Å²) < 4.78 is 6.42. The highest BCUT2D eigenvalue weighted by Crippen LogP contribution is 2.42. The van der Waals surface area contributed by atoms with Crippen LogP contribution in [0.1, 0.15) is 25.2 Å². The molecule has 0 aliphatic heterocycles. The Morgan fingerprint density at radius 3 is 2.88 bits per heavy atom. The molecule has 0 aromatic carbocycles. The summed E-state index contributed by atoms with van der Waals surface area (Å²) in [6, 6.07) is 2.00. The molecule has 4 nitrogen and oxygen atoms in total. The van der Waals surface area contributed by atoms with Gasteiger partial charge in [0.2, 0.25) is 11.7 Å². The number of rotatable bonds is 3. The van der Waals surface area contributed by atoms with E-state index >= 15 is 0 Å². The van der Waals surface area contributed by atoms with Gasteiger partial charge in [-0.1, -0.05) is 11.6 Å². The fourth-order valence-electron chi connectivity index (χ4n) is 2.08. The van der Waals surface area contributed by atoms with Crippen LogP contribution in [0.4, 0.5) is 0 Å². The van der Waals surface area contributed by atoms with E-state index in [-0.39, 0.29) is 5.41 Å². The minimum absolute atomic E-state index is 0.0558. The Morgan fingerprint density at radius 1 is 1.53 bits per heavy atom. The third kappa shape index (κ3) is 1.84. The molecule has 0 atom stereocenters. The van der Waals surface area contributed by atoms with Crippen LogP contribution >= 0.6 is 27.3 Å². The molecule has 2 heterocycles. The Labute approximate surface area is 111 Å². The number of aromatic nitrogens is 2. The van der Waals surface area contributed by atoms with Crippen molar-refractivity contribution in [1.29, 1.82) is 0 Å². The molecule has 6 heteroatoms. The first-order chi connectivity index (χ1) is 8.23. The van der Waals surface area contributed by atoms with E-state index in [1.54, 1.807) is 11.3 Å². The Balaban J connectivity index is 1.92. The van der Waals surface area contributed by atoms with Crippen molar-refractivity contribution < 1.29 is 4.52 Å². The quantitative estimate of drug-likeness (QED) is 0.946. The van der Waals surface area contributed by atoms with E-state index in [2.05, 4.69) is 26.1 Å². The molecule has 0 bridgehead atoms. The molecule has 0 spiro atoms. The SMILES string of the molecule is NCC1(c2nc(-c3cc(Br)cs3)no2)CCC1. The van der Waals surface area contributed by atoms with E-state index in [9.17, 15) is 0 Å². The number of hydrogen-bond acceptors (Lipinski definition) is 5. The zero-order valence-electron chi connectivity index (χ0n) is 9.15. The number of nitrogens with two attached hydrogens (primary N) is 1. The summed E-state index contributed by atoms with van der Waals surface area (Å²) >= 11 is 5.02. The van der Waals surface area contributed by atoms with Gasteiger partial charge < -0.3 is 10.3 Å². The minimum Gasteiger partial charge on any atom is -0.338 e. The summed E-state index contributed by atoms with van der Waals surface area (Å²) in [6.45, 7) is 0.586. The Bertz CT molecular complexity index is 527. The summed E-state index contributed by atoms with van der Waals surface area (Å²) in [5.74, 6) is 1.36. The molecule has 2 aromatic heterocycles. The standard InChI is InChI=1S/C11H12BrN3OS/c12-7-4-8(17-5-7)9-14-10(16-15-9)11(6-13)2-1-3-11/h4-5H,1-3,6,13H2. The van der Waals surface area contributed by atoms with E-state index in [1.165, 1.54) is 6.42 Å². The molecule has 0 saturated heterocycles. The fraction of sp³-hybridized carbons (Fsp3) is 0.455. The van der Waals surface area contributed by atoms with Crippen molar-refractivity contribution in [3.63, 3.8) is 0 Å². The highest BCUT2D eigenvalue weighted by molar-refractivity contribution is 9.10. The van der Waals surface area contributed by atoms with E-state index in [4.69, 9.17) is 10.3 Å². The maximum absolute atomic E-state index is 5.82. The van der Waals surface area contributed by atoms with Crippen molar-refractivity contribution in [2.45, 2.75) is 24.7 Å². The van der Waals surface area contributed by atoms with Crippen molar-refractivity contribution in [3.8, 4) is 10.7 Å². The van der Waals surface area contributed by atoms with Crippen LogP contribution in [0.3, 0.4) is 0 Å². The largest absolute Gasteiger partial charge is 0.338 e. The van der Waals surface area contributed by atoms with Gasteiger partial charge in [0, 0.05) is 16.4 Å². The number of hydrogen-bond donors (Lipinski definition) is 1. The van der Waals surface area contributed by atoms with Gasteiger partial charge >= 0.3 is 0 Å². The monoisotopic (exact) mass is 313 g/mol. The lowest BCUT2D eigenvalue weighted by Gasteiger charge is -2.36. The third-order valence-corrected chi connectivity index (χ3v) is 5.06. The van der Waals surface area contributed by atoms with Gasteiger partial charge in [-0.2, -0.15) is 4.98 Å². The zero-order chi connectivity index (χ0) is 11.9. The van der Waals surface area contributed by atoms with Gasteiger partial charge in [-0.05, 0) is 34.8 Å². The van der Waals surface area contributed by atoms with Crippen LogP contribution in [0.5, 0.6) is 0 Å². The summed E-state index contributed by atoms with van der Waals surface area (Å²) in [6.07, 6.45) is 3.30. The molecule has 17 heavy (non-hydrogen) atoms. The average Bonchev–Trinajstić information content (AvgIpc) is 2.86. The van der Waals surface area contributed by atoms with Gasteiger partial charge in [0.05, 0.1) is 10.3 Å². The molecule has 0 unspecified atom stereocenters. The Morgan fingerprint density at radius 2 is 2.35 bits per heavy atom. The van der Waals surface area contributed by atoms with Crippen LogP contribution < -0.4 is 5.73 Å². The predicted molar refractivity (Wildman–Crippen MR) is 69.9 cm³/mol. The van der Waals surface area contributed by atoms with Crippen LogP contribution in [-0.4, -0.2) is 16.7 Å². The number of nitrogens with zero attached hydrogens (tertiary/aromatic N) is 2. The molecule has 2 N–H and O–H groups in total. The van der Waals surface area contributed by atoms with Gasteiger partial charge in [0.15, 0.2) is 0 Å². The van der Waals surface area contributed by atoms with Gasteiger partial charge in [-0.25, -0.2) is 0 Å². The first-order valence-corrected chi connectivity index (χ1v) is 7.19. The lowest BCUT2D eigenvalue weighted by atomic mass is 9.69. The first-order valence-electron chi connectivity index (χ1n) is 5.52. The van der Waals surface area contributed by atoms with Crippen LogP contribution in [0.15, 0.2) is 20.4 Å². The second kappa shape index (κ2) is 4.19. The Hall–Kier alpha value is -0.720. The van der Waals surface area contributed by atoms with E-state index < -0.39 is 0 Å². The molecule has 1 fully saturated rings. The Kier molecular flexibility index (Phi) is 2.80. The highest BCUT2D eigenvalue weighted by atomic mass is 79.9. The van der Waals surface area contributed by atoms with Crippen molar-refractivity contribution in [1.82, 2.24) is 10.1 Å². The summed E-state index contributed by atoms with van der Waals surface area (Å²) in [5, 5.41) is 6.05. The summed E-state index contributed by atoms with van der Waals surface area (Å²) in [7, 11) is 0. The van der Waals surface area contributed by atoms with Crippen molar-refractivity contribution in [2.24, 2.45) is 5.73 Å². The molecule has 0 radical (unpaired) electrons. The molecular formula is C11H12BrN3OS. The second-order valence-corrected chi connectivity index (χ2v) is 6.22. The molecule has 1 aliphatic rings. The van der Waals surface area contributed by atoms with Crippen molar-refractivity contribution >= 4 is 27.3 Å². The first kappa shape index (κ1) is 11.4. The predicted octanol–water partition coefficient (Wildman–Crippen LogP) is 2.94. The average molecular weight is 314 g/mol. The van der Waals surface area contributed by atoms with Crippen molar-refractivity contribution in [3.05, 3.63) is 21.8 Å². The lowest BCUT2D eigenvalue weighted by molar-refractivity contribution is 0.182. The maximum Gasteiger partial charge on any atom is 0.234 e. The second-order valence-electron chi connectivity index (χ2n) is 4.39. The van der Waals surface area contributed by atoms with E-state index in [0.29, 0.717) is 18.3 Å². The van der Waals surface area contributed by atoms with Crippen molar-refractivity contribution in [2.75, 3.05) is 6.54 Å². The number of thiophene rings is 1. The van der Waals surface area contributed by atoms with Crippen LogP contribution in [-0.2, 0) is 5.41 Å². The molecule has 1 saturated carbocycles. The molecule has 2 aromatic rings. The highest BCUT2D eigenvalue weighted by Gasteiger charge is 2.42. The van der Waals surface area contributed by atoms with Gasteiger partial charge in [0.1, 0.15) is 0 Å². The smallest absolute Gasteiger partial charge is 0.234 e. The topological polar surface area (TPSA) is 64.9 Å². The summed E-state index contributed by atoms with van der Waals surface area (Å²) in [4.78, 5) is 5.50. The van der Waals surface area contributed by atoms with Crippen LogP contribution in [0.25, 0.3) is 10.7 Å². The lowest BCUT2D eigenvalue weighted by Crippen LogP contribution is -2.41. The molecule has 1 aliphatic carbocycles. The molecular weight excluding hydrogens is 302 g/mol. The minimum atomic E-state index is -0.0558. The van der Waals surface area contributed by atoms with Crippen LogP contribution in [0, 0.1) is 0 Å². The fourth-order valence-corrected chi connectivity index (χ4v) is 3.43. The van der Waals surface area contributed by atoms with Gasteiger partial charge in [0.25, 0.3) is 0 Å². The van der Waals surface area contributed by atoms with E-state index in [0.717, 1.165) is 22.2 Å². The molecule has 90 valence electrons. The van der Waals surface area contributed by atoms with Gasteiger partial charge in [-0.3, -0.25) is 0 Å².